The Morgan fingerprint density at radius 3 is 2.44 bits per heavy atom. The minimum Gasteiger partial charge on any atom is -0.237 e. The summed E-state index contributed by atoms with van der Waals surface area (Å²) in [4.78, 5) is 4.36. The van der Waals surface area contributed by atoms with Crippen LogP contribution in [0.4, 0.5) is 0 Å². The van der Waals surface area contributed by atoms with Crippen LogP contribution in [-0.4, -0.2) is 17.5 Å². The first kappa shape index (κ1) is 7.09. The Bertz CT molecular complexity index is 193. The highest BCUT2D eigenvalue weighted by molar-refractivity contribution is 8.15. The number of aromatic nitrogens is 1. The van der Waals surface area contributed by atoms with Gasteiger partial charge in [-0.3, -0.25) is 0 Å². The van der Waals surface area contributed by atoms with Crippen molar-refractivity contribution >= 4 is 22.2 Å². The fraction of sp³-hybridized carbons (Fsp3) is 0.500. The number of hydrogen-bond acceptors (Lipinski definition) is 2. The van der Waals surface area contributed by atoms with Crippen LogP contribution in [0.2, 0.25) is 0 Å². The van der Waals surface area contributed by atoms with Crippen molar-refractivity contribution in [1.82, 2.24) is 4.98 Å². The second kappa shape index (κ2) is 2.71. The van der Waals surface area contributed by atoms with Crippen molar-refractivity contribution in [2.24, 2.45) is 0 Å². The molecule has 1 rings (SSSR count). The molecule has 0 aliphatic carbocycles. The van der Waals surface area contributed by atoms with Gasteiger partial charge in [-0.2, -0.15) is 0 Å². The zero-order valence-electron chi connectivity index (χ0n) is 5.88. The van der Waals surface area contributed by atoms with Gasteiger partial charge in [-0.05, 0) is 19.4 Å². The SMILES string of the molecule is Cc1nc([SH](C)C)cs1. The summed E-state index contributed by atoms with van der Waals surface area (Å²) in [6, 6.07) is 0. The van der Waals surface area contributed by atoms with Crippen LogP contribution in [0.5, 0.6) is 0 Å². The largest absolute Gasteiger partial charge is 0.237 e. The van der Waals surface area contributed by atoms with E-state index in [9.17, 15) is 0 Å². The van der Waals surface area contributed by atoms with Crippen LogP contribution < -0.4 is 0 Å². The lowest BCUT2D eigenvalue weighted by atomic mass is 10.8. The van der Waals surface area contributed by atoms with Gasteiger partial charge in [-0.1, -0.05) is 0 Å². The molecule has 0 saturated heterocycles. The van der Waals surface area contributed by atoms with E-state index in [2.05, 4.69) is 22.9 Å². The third kappa shape index (κ3) is 1.69. The predicted octanol–water partition coefficient (Wildman–Crippen LogP) is 2.07. The first-order valence-corrected chi connectivity index (χ1v) is 5.91. The molecule has 0 amide bonds. The molecule has 3 heteroatoms. The molecular formula is C6H11NS2. The van der Waals surface area contributed by atoms with Gasteiger partial charge >= 0.3 is 0 Å². The predicted molar refractivity (Wildman–Crippen MR) is 46.0 cm³/mol. The van der Waals surface area contributed by atoms with Crippen LogP contribution >= 0.6 is 22.2 Å². The summed E-state index contributed by atoms with van der Waals surface area (Å²) in [5, 5.41) is 4.62. The lowest BCUT2D eigenvalue weighted by molar-refractivity contribution is 1.14. The highest BCUT2D eigenvalue weighted by Crippen LogP contribution is 2.28. The van der Waals surface area contributed by atoms with Gasteiger partial charge < -0.3 is 0 Å². The summed E-state index contributed by atoms with van der Waals surface area (Å²) in [7, 11) is 0.0246. The molecular weight excluding hydrogens is 150 g/mol. The number of rotatable bonds is 1. The van der Waals surface area contributed by atoms with Crippen LogP contribution in [0, 0.1) is 6.92 Å². The number of thiol groups is 1. The average molecular weight is 161 g/mol. The molecule has 0 aromatic carbocycles. The Labute approximate surface area is 62.5 Å². The van der Waals surface area contributed by atoms with Crippen molar-refractivity contribution in [2.75, 3.05) is 12.5 Å². The van der Waals surface area contributed by atoms with Gasteiger partial charge in [-0.15, -0.1) is 11.3 Å². The minimum absolute atomic E-state index is 0.0246. The first-order chi connectivity index (χ1) is 4.20. The lowest BCUT2D eigenvalue weighted by Crippen LogP contribution is -1.76. The van der Waals surface area contributed by atoms with E-state index < -0.39 is 0 Å². The van der Waals surface area contributed by atoms with E-state index in [1.54, 1.807) is 11.3 Å². The zero-order valence-corrected chi connectivity index (χ0v) is 7.59. The molecule has 1 aromatic rings. The Balaban J connectivity index is 2.85. The maximum Gasteiger partial charge on any atom is 0.0907 e. The van der Waals surface area contributed by atoms with Gasteiger partial charge in [0.1, 0.15) is 0 Å². The number of aryl methyl sites for hydroxylation is 1. The van der Waals surface area contributed by atoms with Gasteiger partial charge in [0.2, 0.25) is 0 Å². The third-order valence-corrected chi connectivity index (χ3v) is 3.16. The molecule has 0 aliphatic heterocycles. The van der Waals surface area contributed by atoms with Gasteiger partial charge in [0.25, 0.3) is 0 Å². The van der Waals surface area contributed by atoms with Gasteiger partial charge in [-0.25, -0.2) is 15.9 Å². The maximum absolute atomic E-state index is 4.36. The highest BCUT2D eigenvalue weighted by atomic mass is 32.2. The Morgan fingerprint density at radius 1 is 1.56 bits per heavy atom. The summed E-state index contributed by atoms with van der Waals surface area (Å²) >= 11 is 1.74. The van der Waals surface area contributed by atoms with Crippen LogP contribution in [-0.2, 0) is 0 Å². The van der Waals surface area contributed by atoms with Crippen molar-refractivity contribution in [3.05, 3.63) is 10.4 Å². The smallest absolute Gasteiger partial charge is 0.0907 e. The monoisotopic (exact) mass is 161 g/mol. The minimum atomic E-state index is 0.0246. The van der Waals surface area contributed by atoms with Crippen LogP contribution in [0.25, 0.3) is 0 Å². The second-order valence-corrected chi connectivity index (χ2v) is 5.43. The van der Waals surface area contributed by atoms with Crippen LogP contribution in [0.3, 0.4) is 0 Å². The van der Waals surface area contributed by atoms with Crippen LogP contribution in [0.1, 0.15) is 5.01 Å². The fourth-order valence-corrected chi connectivity index (χ4v) is 2.46. The van der Waals surface area contributed by atoms with E-state index in [1.165, 1.54) is 10.0 Å². The number of thiazole rings is 1. The Hall–Kier alpha value is -0.0200. The normalized spacial score (nSPS) is 11.7. The van der Waals surface area contributed by atoms with E-state index in [0.717, 1.165) is 0 Å². The Kier molecular flexibility index (Phi) is 2.13. The average Bonchev–Trinajstić information content (AvgIpc) is 2.14. The molecule has 1 aromatic heterocycles. The van der Waals surface area contributed by atoms with E-state index in [4.69, 9.17) is 0 Å². The summed E-state index contributed by atoms with van der Waals surface area (Å²) < 4.78 is 0. The molecule has 0 aliphatic rings. The summed E-state index contributed by atoms with van der Waals surface area (Å²) in [6.45, 7) is 2.05. The topological polar surface area (TPSA) is 12.9 Å². The van der Waals surface area contributed by atoms with Crippen molar-refractivity contribution < 1.29 is 0 Å². The van der Waals surface area contributed by atoms with Gasteiger partial charge in [0.05, 0.1) is 10.0 Å². The third-order valence-electron chi connectivity index (χ3n) is 1.07. The Morgan fingerprint density at radius 2 is 2.22 bits per heavy atom. The molecule has 1 heterocycles. The molecule has 0 saturated carbocycles. The molecule has 0 spiro atoms. The molecule has 0 bridgehead atoms. The summed E-state index contributed by atoms with van der Waals surface area (Å²) in [6.07, 6.45) is 4.45. The molecule has 0 fully saturated rings. The molecule has 52 valence electrons. The molecule has 0 unspecified atom stereocenters. The molecule has 1 nitrogen and oxygen atoms in total. The van der Waals surface area contributed by atoms with Gasteiger partial charge in [0.15, 0.2) is 0 Å². The highest BCUT2D eigenvalue weighted by Gasteiger charge is 1.97. The maximum atomic E-state index is 4.36. The van der Waals surface area contributed by atoms with E-state index in [1.807, 2.05) is 6.92 Å². The van der Waals surface area contributed by atoms with Gasteiger partial charge in [0, 0.05) is 5.38 Å². The molecule has 0 atom stereocenters. The van der Waals surface area contributed by atoms with E-state index in [0.29, 0.717) is 0 Å². The fourth-order valence-electron chi connectivity index (χ4n) is 0.557. The van der Waals surface area contributed by atoms with Crippen molar-refractivity contribution in [2.45, 2.75) is 11.9 Å². The van der Waals surface area contributed by atoms with E-state index in [-0.39, 0.29) is 10.9 Å². The lowest BCUT2D eigenvalue weighted by Gasteiger charge is -2.01. The summed E-state index contributed by atoms with van der Waals surface area (Å²) in [5.74, 6) is 0. The molecule has 0 N–H and O–H groups in total. The molecule has 9 heavy (non-hydrogen) atoms. The quantitative estimate of drug-likeness (QED) is 0.622. The van der Waals surface area contributed by atoms with E-state index >= 15 is 0 Å². The van der Waals surface area contributed by atoms with Crippen LogP contribution in [0.15, 0.2) is 10.4 Å². The standard InChI is InChI=1S/C6H11NS2/c1-5-7-6(4-8-5)9(2)3/h4,9H,1-3H3. The number of nitrogens with zero attached hydrogens (tertiary/aromatic N) is 1. The first-order valence-electron chi connectivity index (χ1n) is 2.79. The molecule has 0 radical (unpaired) electrons. The summed E-state index contributed by atoms with van der Waals surface area (Å²) in [5.41, 5.74) is 0. The van der Waals surface area contributed by atoms with Crippen molar-refractivity contribution in [3.8, 4) is 0 Å². The van der Waals surface area contributed by atoms with Crippen molar-refractivity contribution in [3.63, 3.8) is 0 Å². The number of hydrogen-bond donors (Lipinski definition) is 1. The zero-order chi connectivity index (χ0) is 6.85. The van der Waals surface area contributed by atoms with Crippen molar-refractivity contribution in [1.29, 1.82) is 0 Å². The second-order valence-electron chi connectivity index (χ2n) is 2.12.